The van der Waals surface area contributed by atoms with Gasteiger partial charge in [0, 0.05) is 17.4 Å². The maximum Gasteiger partial charge on any atom is 0.273 e. The molecular weight excluding hydrogens is 220 g/mol. The molecule has 1 aromatic heterocycles. The summed E-state index contributed by atoms with van der Waals surface area (Å²) in [5, 5.41) is 0.719. The number of nitrogens with zero attached hydrogens (tertiary/aromatic N) is 2. The third-order valence-electron chi connectivity index (χ3n) is 2.28. The van der Waals surface area contributed by atoms with Crippen molar-refractivity contribution >= 4 is 11.8 Å². The Labute approximate surface area is 98.2 Å². The molecule has 0 spiro atoms. The SMILES string of the molecule is CSc1nc(=O)cc(C)n1-c1ccccc1. The van der Waals surface area contributed by atoms with Crippen LogP contribution < -0.4 is 5.56 Å². The van der Waals surface area contributed by atoms with Gasteiger partial charge in [-0.15, -0.1) is 0 Å². The van der Waals surface area contributed by atoms with E-state index in [1.807, 2.05) is 48.1 Å². The maximum atomic E-state index is 11.3. The van der Waals surface area contributed by atoms with Gasteiger partial charge in [-0.3, -0.25) is 9.36 Å². The van der Waals surface area contributed by atoms with Crippen molar-refractivity contribution < 1.29 is 0 Å². The van der Waals surface area contributed by atoms with E-state index in [9.17, 15) is 4.79 Å². The van der Waals surface area contributed by atoms with Crippen LogP contribution in [-0.2, 0) is 0 Å². The number of hydrogen-bond acceptors (Lipinski definition) is 3. The third-order valence-corrected chi connectivity index (χ3v) is 2.92. The summed E-state index contributed by atoms with van der Waals surface area (Å²) in [4.78, 5) is 15.3. The number of thioether (sulfide) groups is 1. The van der Waals surface area contributed by atoms with Gasteiger partial charge in [-0.25, -0.2) is 0 Å². The smallest absolute Gasteiger partial charge is 0.273 e. The van der Waals surface area contributed by atoms with Gasteiger partial charge < -0.3 is 0 Å². The Morgan fingerprint density at radius 2 is 1.94 bits per heavy atom. The van der Waals surface area contributed by atoms with E-state index in [0.29, 0.717) is 0 Å². The molecule has 0 atom stereocenters. The van der Waals surface area contributed by atoms with Crippen molar-refractivity contribution in [2.75, 3.05) is 6.26 Å². The van der Waals surface area contributed by atoms with E-state index < -0.39 is 0 Å². The average molecular weight is 232 g/mol. The molecule has 16 heavy (non-hydrogen) atoms. The topological polar surface area (TPSA) is 34.9 Å². The first-order valence-corrected chi connectivity index (χ1v) is 6.15. The van der Waals surface area contributed by atoms with Crippen LogP contribution in [0.2, 0.25) is 0 Å². The molecule has 0 aliphatic carbocycles. The molecular formula is C12H12N2OS. The molecule has 0 aliphatic heterocycles. The van der Waals surface area contributed by atoms with Gasteiger partial charge in [-0.2, -0.15) is 4.98 Å². The summed E-state index contributed by atoms with van der Waals surface area (Å²) in [5.41, 5.74) is 1.74. The van der Waals surface area contributed by atoms with Crippen molar-refractivity contribution in [3.8, 4) is 5.69 Å². The second-order valence-corrected chi connectivity index (χ2v) is 4.17. The van der Waals surface area contributed by atoms with Crippen LogP contribution in [0, 0.1) is 6.92 Å². The van der Waals surface area contributed by atoms with E-state index in [-0.39, 0.29) is 5.56 Å². The standard InChI is InChI=1S/C12H12N2OS/c1-9-8-11(15)13-12(16-2)14(9)10-6-4-3-5-7-10/h3-8H,1-2H3. The molecule has 0 saturated heterocycles. The van der Waals surface area contributed by atoms with Gasteiger partial charge in [0.25, 0.3) is 5.56 Å². The Bertz CT molecular complexity index is 549. The molecule has 1 aromatic carbocycles. The molecule has 0 unspecified atom stereocenters. The lowest BCUT2D eigenvalue weighted by molar-refractivity contribution is 0.782. The number of para-hydroxylation sites is 1. The minimum absolute atomic E-state index is 0.186. The van der Waals surface area contributed by atoms with Gasteiger partial charge in [-0.1, -0.05) is 30.0 Å². The van der Waals surface area contributed by atoms with Crippen LogP contribution in [-0.4, -0.2) is 15.8 Å². The molecule has 0 amide bonds. The number of aryl methyl sites for hydroxylation is 1. The van der Waals surface area contributed by atoms with E-state index in [4.69, 9.17) is 0 Å². The molecule has 4 heteroatoms. The highest BCUT2D eigenvalue weighted by atomic mass is 32.2. The molecule has 1 heterocycles. The van der Waals surface area contributed by atoms with Gasteiger partial charge in [0.1, 0.15) is 0 Å². The average Bonchev–Trinajstić information content (AvgIpc) is 2.29. The Balaban J connectivity index is 2.69. The fourth-order valence-electron chi connectivity index (χ4n) is 1.60. The van der Waals surface area contributed by atoms with Crippen LogP contribution in [0.3, 0.4) is 0 Å². The van der Waals surface area contributed by atoms with Crippen molar-refractivity contribution in [1.29, 1.82) is 0 Å². The van der Waals surface area contributed by atoms with Crippen molar-refractivity contribution in [2.24, 2.45) is 0 Å². The molecule has 0 saturated carbocycles. The first-order valence-electron chi connectivity index (χ1n) is 4.92. The Morgan fingerprint density at radius 1 is 1.25 bits per heavy atom. The summed E-state index contributed by atoms with van der Waals surface area (Å²) < 4.78 is 1.98. The zero-order chi connectivity index (χ0) is 11.5. The molecule has 0 N–H and O–H groups in total. The summed E-state index contributed by atoms with van der Waals surface area (Å²) in [7, 11) is 0. The predicted molar refractivity (Wildman–Crippen MR) is 66.4 cm³/mol. The van der Waals surface area contributed by atoms with Crippen molar-refractivity contribution in [1.82, 2.24) is 9.55 Å². The summed E-state index contributed by atoms with van der Waals surface area (Å²) >= 11 is 1.47. The van der Waals surface area contributed by atoms with Gasteiger partial charge in [0.2, 0.25) is 0 Å². The largest absolute Gasteiger partial charge is 0.293 e. The highest BCUT2D eigenvalue weighted by Gasteiger charge is 2.06. The zero-order valence-corrected chi connectivity index (χ0v) is 9.99. The van der Waals surface area contributed by atoms with Crippen LogP contribution in [0.1, 0.15) is 5.69 Å². The van der Waals surface area contributed by atoms with Crippen molar-refractivity contribution in [3.05, 3.63) is 52.4 Å². The fraction of sp³-hybridized carbons (Fsp3) is 0.167. The van der Waals surface area contributed by atoms with E-state index in [0.717, 1.165) is 16.5 Å². The Hall–Kier alpha value is -1.55. The van der Waals surface area contributed by atoms with Crippen LogP contribution in [0.5, 0.6) is 0 Å². The molecule has 82 valence electrons. The van der Waals surface area contributed by atoms with E-state index >= 15 is 0 Å². The lowest BCUT2D eigenvalue weighted by atomic mass is 10.3. The van der Waals surface area contributed by atoms with Crippen molar-refractivity contribution in [2.45, 2.75) is 12.1 Å². The van der Waals surface area contributed by atoms with Crippen LogP contribution >= 0.6 is 11.8 Å². The third kappa shape index (κ3) is 2.02. The first-order chi connectivity index (χ1) is 7.72. The second-order valence-electron chi connectivity index (χ2n) is 3.39. The first kappa shape index (κ1) is 11.0. The minimum Gasteiger partial charge on any atom is -0.293 e. The number of rotatable bonds is 2. The van der Waals surface area contributed by atoms with Crippen LogP contribution in [0.25, 0.3) is 5.69 Å². The van der Waals surface area contributed by atoms with Gasteiger partial charge >= 0.3 is 0 Å². The second kappa shape index (κ2) is 4.53. The number of aromatic nitrogens is 2. The summed E-state index contributed by atoms with van der Waals surface area (Å²) in [6.07, 6.45) is 1.92. The lowest BCUT2D eigenvalue weighted by Gasteiger charge is -2.13. The van der Waals surface area contributed by atoms with Gasteiger partial charge in [-0.05, 0) is 25.3 Å². The Morgan fingerprint density at radius 3 is 2.56 bits per heavy atom. The van der Waals surface area contributed by atoms with E-state index in [1.54, 1.807) is 6.07 Å². The van der Waals surface area contributed by atoms with Crippen LogP contribution in [0.4, 0.5) is 0 Å². The van der Waals surface area contributed by atoms with E-state index in [1.165, 1.54) is 11.8 Å². The quantitative estimate of drug-likeness (QED) is 0.588. The summed E-state index contributed by atoms with van der Waals surface area (Å²) in [6.45, 7) is 1.91. The minimum atomic E-state index is -0.186. The number of hydrogen-bond donors (Lipinski definition) is 0. The highest BCUT2D eigenvalue weighted by molar-refractivity contribution is 7.98. The zero-order valence-electron chi connectivity index (χ0n) is 9.18. The lowest BCUT2D eigenvalue weighted by Crippen LogP contribution is -2.15. The molecule has 0 fully saturated rings. The van der Waals surface area contributed by atoms with Gasteiger partial charge in [0.05, 0.1) is 0 Å². The normalized spacial score (nSPS) is 10.4. The molecule has 0 bridgehead atoms. The summed E-state index contributed by atoms with van der Waals surface area (Å²) in [6, 6.07) is 11.5. The highest BCUT2D eigenvalue weighted by Crippen LogP contribution is 2.18. The predicted octanol–water partition coefficient (Wildman–Crippen LogP) is 2.26. The monoisotopic (exact) mass is 232 g/mol. The molecule has 3 nitrogen and oxygen atoms in total. The Kier molecular flexibility index (Phi) is 3.10. The molecule has 0 aliphatic rings. The van der Waals surface area contributed by atoms with Crippen molar-refractivity contribution in [3.63, 3.8) is 0 Å². The van der Waals surface area contributed by atoms with Gasteiger partial charge in [0.15, 0.2) is 5.16 Å². The number of benzene rings is 1. The maximum absolute atomic E-state index is 11.3. The summed E-state index contributed by atoms with van der Waals surface area (Å²) in [5.74, 6) is 0. The fourth-order valence-corrected chi connectivity index (χ4v) is 2.21. The molecule has 2 rings (SSSR count). The van der Waals surface area contributed by atoms with Crippen LogP contribution in [0.15, 0.2) is 46.3 Å². The van der Waals surface area contributed by atoms with E-state index in [2.05, 4.69) is 4.98 Å². The molecule has 0 radical (unpaired) electrons. The molecule has 2 aromatic rings.